The Bertz CT molecular complexity index is 590. The minimum Gasteiger partial charge on any atom is -0.397 e. The van der Waals surface area contributed by atoms with Crippen LogP contribution in [0.2, 0.25) is 5.02 Å². The molecule has 0 unspecified atom stereocenters. The van der Waals surface area contributed by atoms with E-state index in [0.29, 0.717) is 21.8 Å². The molecule has 0 bridgehead atoms. The standard InChI is InChI=1S/C16H16ClNO/c1-2-4-11-7-9-12(10-8-11)16(19)13-5-3-6-14(17)15(13)18/h3,5-10H,2,4,18H2,1H3. The average molecular weight is 274 g/mol. The molecule has 0 radical (unpaired) electrons. The molecule has 0 aliphatic rings. The maximum absolute atomic E-state index is 12.3. The maximum Gasteiger partial charge on any atom is 0.195 e. The molecule has 0 aromatic heterocycles. The summed E-state index contributed by atoms with van der Waals surface area (Å²) in [5.74, 6) is -0.0944. The van der Waals surface area contributed by atoms with Crippen LogP contribution in [0.1, 0.15) is 34.8 Å². The number of hydrogen-bond donors (Lipinski definition) is 1. The second kappa shape index (κ2) is 5.89. The average Bonchev–Trinajstić information content (AvgIpc) is 2.42. The maximum atomic E-state index is 12.3. The third kappa shape index (κ3) is 2.96. The molecule has 0 saturated heterocycles. The summed E-state index contributed by atoms with van der Waals surface area (Å²) in [6, 6.07) is 12.8. The summed E-state index contributed by atoms with van der Waals surface area (Å²) >= 11 is 5.93. The van der Waals surface area contributed by atoms with E-state index in [1.807, 2.05) is 24.3 Å². The highest BCUT2D eigenvalue weighted by molar-refractivity contribution is 6.34. The Kier molecular flexibility index (Phi) is 4.23. The summed E-state index contributed by atoms with van der Waals surface area (Å²) in [6.07, 6.45) is 2.11. The first-order valence-corrected chi connectivity index (χ1v) is 6.69. The molecule has 0 spiro atoms. The van der Waals surface area contributed by atoms with E-state index in [4.69, 9.17) is 17.3 Å². The van der Waals surface area contributed by atoms with Crippen LogP contribution < -0.4 is 5.73 Å². The zero-order chi connectivity index (χ0) is 13.8. The highest BCUT2D eigenvalue weighted by Gasteiger charge is 2.13. The third-order valence-corrected chi connectivity index (χ3v) is 3.38. The summed E-state index contributed by atoms with van der Waals surface area (Å²) in [5.41, 5.74) is 8.51. The first-order valence-electron chi connectivity index (χ1n) is 6.31. The molecule has 2 aromatic carbocycles. The number of ketones is 1. The Hall–Kier alpha value is -1.80. The fourth-order valence-electron chi connectivity index (χ4n) is 2.00. The zero-order valence-electron chi connectivity index (χ0n) is 10.8. The van der Waals surface area contributed by atoms with Crippen molar-refractivity contribution < 1.29 is 4.79 Å². The van der Waals surface area contributed by atoms with Gasteiger partial charge in [-0.15, -0.1) is 0 Å². The molecule has 0 heterocycles. The molecular formula is C16H16ClNO. The fourth-order valence-corrected chi connectivity index (χ4v) is 2.18. The summed E-state index contributed by atoms with van der Waals surface area (Å²) < 4.78 is 0. The van der Waals surface area contributed by atoms with Gasteiger partial charge < -0.3 is 5.73 Å². The quantitative estimate of drug-likeness (QED) is 0.673. The first-order chi connectivity index (χ1) is 9.13. The minimum absolute atomic E-state index is 0.0944. The SMILES string of the molecule is CCCc1ccc(C(=O)c2cccc(Cl)c2N)cc1. The van der Waals surface area contributed by atoms with E-state index in [0.717, 1.165) is 12.8 Å². The Labute approximate surface area is 118 Å². The van der Waals surface area contributed by atoms with E-state index >= 15 is 0 Å². The van der Waals surface area contributed by atoms with Gasteiger partial charge in [0.15, 0.2) is 5.78 Å². The van der Waals surface area contributed by atoms with E-state index in [1.165, 1.54) is 5.56 Å². The zero-order valence-corrected chi connectivity index (χ0v) is 11.6. The van der Waals surface area contributed by atoms with Crippen molar-refractivity contribution in [2.24, 2.45) is 0 Å². The lowest BCUT2D eigenvalue weighted by Gasteiger charge is -2.07. The predicted molar refractivity (Wildman–Crippen MR) is 79.7 cm³/mol. The Balaban J connectivity index is 2.31. The van der Waals surface area contributed by atoms with Crippen molar-refractivity contribution in [1.29, 1.82) is 0 Å². The molecule has 0 atom stereocenters. The Morgan fingerprint density at radius 3 is 2.47 bits per heavy atom. The molecular weight excluding hydrogens is 258 g/mol. The molecule has 0 aliphatic heterocycles. The van der Waals surface area contributed by atoms with Gasteiger partial charge in [0.1, 0.15) is 0 Å². The van der Waals surface area contributed by atoms with Gasteiger partial charge in [-0.2, -0.15) is 0 Å². The van der Waals surface area contributed by atoms with Crippen molar-refractivity contribution >= 4 is 23.1 Å². The lowest BCUT2D eigenvalue weighted by atomic mass is 10.00. The number of carbonyl (C=O) groups is 1. The van der Waals surface area contributed by atoms with Gasteiger partial charge in [-0.25, -0.2) is 0 Å². The Morgan fingerprint density at radius 2 is 1.84 bits per heavy atom. The number of benzene rings is 2. The normalized spacial score (nSPS) is 10.4. The summed E-state index contributed by atoms with van der Waals surface area (Å²) in [5, 5.41) is 0.411. The highest BCUT2D eigenvalue weighted by Crippen LogP contribution is 2.24. The van der Waals surface area contributed by atoms with Crippen LogP contribution in [0.4, 0.5) is 5.69 Å². The lowest BCUT2D eigenvalue weighted by molar-refractivity contribution is 0.103. The van der Waals surface area contributed by atoms with E-state index < -0.39 is 0 Å². The summed E-state index contributed by atoms with van der Waals surface area (Å²) in [6.45, 7) is 2.13. The fraction of sp³-hybridized carbons (Fsp3) is 0.188. The van der Waals surface area contributed by atoms with Crippen molar-refractivity contribution in [2.75, 3.05) is 5.73 Å². The van der Waals surface area contributed by atoms with Gasteiger partial charge in [0.2, 0.25) is 0 Å². The number of nitrogen functional groups attached to an aromatic ring is 1. The molecule has 19 heavy (non-hydrogen) atoms. The number of nitrogens with two attached hydrogens (primary N) is 1. The van der Waals surface area contributed by atoms with Crippen molar-refractivity contribution in [3.63, 3.8) is 0 Å². The third-order valence-electron chi connectivity index (χ3n) is 3.05. The van der Waals surface area contributed by atoms with Crippen LogP contribution in [0.15, 0.2) is 42.5 Å². The number of rotatable bonds is 4. The van der Waals surface area contributed by atoms with Gasteiger partial charge in [-0.05, 0) is 24.1 Å². The van der Waals surface area contributed by atoms with E-state index in [1.54, 1.807) is 18.2 Å². The second-order valence-corrected chi connectivity index (χ2v) is 4.88. The first kappa shape index (κ1) is 13.6. The summed E-state index contributed by atoms with van der Waals surface area (Å²) in [7, 11) is 0. The molecule has 0 amide bonds. The number of hydrogen-bond acceptors (Lipinski definition) is 2. The Morgan fingerprint density at radius 1 is 1.16 bits per heavy atom. The van der Waals surface area contributed by atoms with Crippen LogP contribution >= 0.6 is 11.6 Å². The monoisotopic (exact) mass is 273 g/mol. The molecule has 2 rings (SSSR count). The van der Waals surface area contributed by atoms with Gasteiger partial charge in [0.05, 0.1) is 10.7 Å². The molecule has 2 nitrogen and oxygen atoms in total. The van der Waals surface area contributed by atoms with Gasteiger partial charge in [0.25, 0.3) is 0 Å². The number of carbonyl (C=O) groups excluding carboxylic acids is 1. The molecule has 2 aromatic rings. The van der Waals surface area contributed by atoms with Crippen LogP contribution in [-0.2, 0) is 6.42 Å². The van der Waals surface area contributed by atoms with Crippen LogP contribution in [0.3, 0.4) is 0 Å². The summed E-state index contributed by atoms with van der Waals surface area (Å²) in [4.78, 5) is 12.3. The topological polar surface area (TPSA) is 43.1 Å². The number of para-hydroxylation sites is 1. The number of anilines is 1. The molecule has 3 heteroatoms. The van der Waals surface area contributed by atoms with E-state index in [9.17, 15) is 4.79 Å². The minimum atomic E-state index is -0.0944. The van der Waals surface area contributed by atoms with Gasteiger partial charge in [0, 0.05) is 11.1 Å². The number of halogens is 1. The molecule has 0 aliphatic carbocycles. The smallest absolute Gasteiger partial charge is 0.195 e. The van der Waals surface area contributed by atoms with Crippen LogP contribution in [0, 0.1) is 0 Å². The van der Waals surface area contributed by atoms with Crippen LogP contribution in [0.25, 0.3) is 0 Å². The van der Waals surface area contributed by atoms with E-state index in [-0.39, 0.29) is 5.78 Å². The number of aryl methyl sites for hydroxylation is 1. The van der Waals surface area contributed by atoms with Crippen LogP contribution in [-0.4, -0.2) is 5.78 Å². The molecule has 0 saturated carbocycles. The van der Waals surface area contributed by atoms with Gasteiger partial charge >= 0.3 is 0 Å². The van der Waals surface area contributed by atoms with Crippen molar-refractivity contribution in [1.82, 2.24) is 0 Å². The molecule has 98 valence electrons. The molecule has 2 N–H and O–H groups in total. The van der Waals surface area contributed by atoms with Crippen LogP contribution in [0.5, 0.6) is 0 Å². The van der Waals surface area contributed by atoms with Crippen molar-refractivity contribution in [2.45, 2.75) is 19.8 Å². The highest BCUT2D eigenvalue weighted by atomic mass is 35.5. The van der Waals surface area contributed by atoms with Gasteiger partial charge in [-0.3, -0.25) is 4.79 Å². The molecule has 0 fully saturated rings. The lowest BCUT2D eigenvalue weighted by Crippen LogP contribution is -2.05. The van der Waals surface area contributed by atoms with Gasteiger partial charge in [-0.1, -0.05) is 55.3 Å². The van der Waals surface area contributed by atoms with Crippen molar-refractivity contribution in [3.05, 3.63) is 64.2 Å². The predicted octanol–water partition coefficient (Wildman–Crippen LogP) is 4.11. The second-order valence-electron chi connectivity index (χ2n) is 4.48. The largest absolute Gasteiger partial charge is 0.397 e. The van der Waals surface area contributed by atoms with E-state index in [2.05, 4.69) is 6.92 Å². The van der Waals surface area contributed by atoms with Crippen molar-refractivity contribution in [3.8, 4) is 0 Å².